The Morgan fingerprint density at radius 3 is 2.44 bits per heavy atom. The van der Waals surface area contributed by atoms with Crippen molar-refractivity contribution >= 4 is 23.9 Å². The molecule has 0 aromatic heterocycles. The van der Waals surface area contributed by atoms with Crippen LogP contribution in [0.25, 0.3) is 0 Å². The van der Waals surface area contributed by atoms with Crippen molar-refractivity contribution in [2.75, 3.05) is 0 Å². The molecule has 2 atom stereocenters. The number of aldehydes is 1. The Balaban J connectivity index is 3.01. The molecule has 0 aliphatic rings. The van der Waals surface area contributed by atoms with E-state index in [9.17, 15) is 14.7 Å². The Labute approximate surface area is 95.9 Å². The predicted molar refractivity (Wildman–Crippen MR) is 55.4 cm³/mol. The Bertz CT molecular complexity index is 418. The highest BCUT2D eigenvalue weighted by Crippen LogP contribution is 2.23. The molecule has 0 heterocycles. The highest BCUT2D eigenvalue weighted by molar-refractivity contribution is 6.33. The van der Waals surface area contributed by atoms with Gasteiger partial charge in [-0.3, -0.25) is 4.79 Å². The zero-order chi connectivity index (χ0) is 12.3. The number of aliphatic carboxylic acids is 1. The molecule has 86 valence electrons. The Morgan fingerprint density at radius 2 is 2.00 bits per heavy atom. The SMILES string of the molecule is O=Cc1ccc(C(O)C(O)C(=O)O)cc1Cl. The van der Waals surface area contributed by atoms with Crippen molar-refractivity contribution in [2.24, 2.45) is 0 Å². The molecule has 0 amide bonds. The zero-order valence-electron chi connectivity index (χ0n) is 8.00. The maximum Gasteiger partial charge on any atom is 0.335 e. The average molecular weight is 245 g/mol. The molecule has 6 heteroatoms. The largest absolute Gasteiger partial charge is 0.479 e. The first-order chi connectivity index (χ1) is 7.47. The molecule has 1 aromatic carbocycles. The third kappa shape index (κ3) is 2.57. The van der Waals surface area contributed by atoms with Crippen LogP contribution in [0.5, 0.6) is 0 Å². The van der Waals surface area contributed by atoms with Gasteiger partial charge in [0.15, 0.2) is 12.4 Å². The van der Waals surface area contributed by atoms with Crippen LogP contribution in [0.3, 0.4) is 0 Å². The number of carboxylic acid groups (broad SMARTS) is 1. The molecule has 3 N–H and O–H groups in total. The van der Waals surface area contributed by atoms with E-state index in [0.717, 1.165) is 0 Å². The van der Waals surface area contributed by atoms with E-state index in [1.807, 2.05) is 0 Å². The van der Waals surface area contributed by atoms with Crippen LogP contribution < -0.4 is 0 Å². The summed E-state index contributed by atoms with van der Waals surface area (Å²) in [5.41, 5.74) is 0.355. The number of benzene rings is 1. The van der Waals surface area contributed by atoms with Gasteiger partial charge in [-0.05, 0) is 17.7 Å². The van der Waals surface area contributed by atoms with Crippen molar-refractivity contribution in [3.8, 4) is 0 Å². The van der Waals surface area contributed by atoms with Crippen molar-refractivity contribution in [3.63, 3.8) is 0 Å². The van der Waals surface area contributed by atoms with Gasteiger partial charge in [-0.25, -0.2) is 4.79 Å². The lowest BCUT2D eigenvalue weighted by molar-refractivity contribution is -0.153. The van der Waals surface area contributed by atoms with Gasteiger partial charge in [0.1, 0.15) is 6.10 Å². The van der Waals surface area contributed by atoms with Crippen molar-refractivity contribution in [1.29, 1.82) is 0 Å². The molecule has 0 fully saturated rings. The van der Waals surface area contributed by atoms with E-state index < -0.39 is 18.2 Å². The number of hydrogen-bond acceptors (Lipinski definition) is 4. The Kier molecular flexibility index (Phi) is 4.00. The molecule has 0 saturated heterocycles. The maximum atomic E-state index is 10.5. The van der Waals surface area contributed by atoms with Crippen LogP contribution >= 0.6 is 11.6 Å². The number of carboxylic acids is 1. The first kappa shape index (κ1) is 12.6. The summed E-state index contributed by atoms with van der Waals surface area (Å²) >= 11 is 5.69. The fourth-order valence-electron chi connectivity index (χ4n) is 1.14. The van der Waals surface area contributed by atoms with Gasteiger partial charge < -0.3 is 15.3 Å². The molecule has 0 aliphatic carbocycles. The highest BCUT2D eigenvalue weighted by atomic mass is 35.5. The standard InChI is InChI=1S/C10H9ClO5/c11-7-3-5(1-2-6(7)4-12)8(13)9(14)10(15)16/h1-4,8-9,13-14H,(H,15,16). The van der Waals surface area contributed by atoms with E-state index in [-0.39, 0.29) is 16.1 Å². The molecule has 0 radical (unpaired) electrons. The quantitative estimate of drug-likeness (QED) is 0.676. The van der Waals surface area contributed by atoms with Crippen molar-refractivity contribution < 1.29 is 24.9 Å². The van der Waals surface area contributed by atoms with Crippen molar-refractivity contribution in [1.82, 2.24) is 0 Å². The van der Waals surface area contributed by atoms with Gasteiger partial charge >= 0.3 is 5.97 Å². The first-order valence-electron chi connectivity index (χ1n) is 4.31. The van der Waals surface area contributed by atoms with E-state index in [2.05, 4.69) is 0 Å². The van der Waals surface area contributed by atoms with E-state index in [1.165, 1.54) is 18.2 Å². The van der Waals surface area contributed by atoms with Gasteiger partial charge in [0, 0.05) is 5.56 Å². The van der Waals surface area contributed by atoms with Crippen molar-refractivity contribution in [3.05, 3.63) is 34.3 Å². The number of rotatable bonds is 4. The molecule has 2 unspecified atom stereocenters. The summed E-state index contributed by atoms with van der Waals surface area (Å²) in [5.74, 6) is -1.54. The summed E-state index contributed by atoms with van der Waals surface area (Å²) < 4.78 is 0. The molecular formula is C10H9ClO5. The van der Waals surface area contributed by atoms with Crippen LogP contribution in [0.15, 0.2) is 18.2 Å². The van der Waals surface area contributed by atoms with E-state index in [4.69, 9.17) is 21.8 Å². The minimum absolute atomic E-state index is 0.0872. The lowest BCUT2D eigenvalue weighted by Crippen LogP contribution is -2.27. The number of aliphatic hydroxyl groups is 2. The molecule has 0 spiro atoms. The zero-order valence-corrected chi connectivity index (χ0v) is 8.76. The Hall–Kier alpha value is -1.43. The fraction of sp³-hybridized carbons (Fsp3) is 0.200. The lowest BCUT2D eigenvalue weighted by atomic mass is 10.0. The number of hydrogen-bond donors (Lipinski definition) is 3. The lowest BCUT2D eigenvalue weighted by Gasteiger charge is -2.14. The van der Waals surface area contributed by atoms with E-state index in [0.29, 0.717) is 6.29 Å². The van der Waals surface area contributed by atoms with Gasteiger partial charge in [-0.15, -0.1) is 0 Å². The monoisotopic (exact) mass is 244 g/mol. The van der Waals surface area contributed by atoms with Gasteiger partial charge in [0.2, 0.25) is 0 Å². The van der Waals surface area contributed by atoms with E-state index >= 15 is 0 Å². The molecule has 1 aromatic rings. The summed E-state index contributed by atoms with van der Waals surface area (Å²) in [6, 6.07) is 3.90. The van der Waals surface area contributed by atoms with Gasteiger partial charge in [0.25, 0.3) is 0 Å². The van der Waals surface area contributed by atoms with Crippen LogP contribution in [0.1, 0.15) is 22.0 Å². The number of carbonyl (C=O) groups is 2. The maximum absolute atomic E-state index is 10.5. The highest BCUT2D eigenvalue weighted by Gasteiger charge is 2.25. The number of aliphatic hydroxyl groups excluding tert-OH is 2. The number of halogens is 1. The smallest absolute Gasteiger partial charge is 0.335 e. The third-order valence-corrected chi connectivity index (χ3v) is 2.37. The molecule has 16 heavy (non-hydrogen) atoms. The summed E-state index contributed by atoms with van der Waals surface area (Å²) in [4.78, 5) is 20.9. The Morgan fingerprint density at radius 1 is 1.38 bits per heavy atom. The summed E-state index contributed by atoms with van der Waals surface area (Å²) in [6.45, 7) is 0. The van der Waals surface area contributed by atoms with Crippen LogP contribution in [0, 0.1) is 0 Å². The van der Waals surface area contributed by atoms with Gasteiger partial charge in [-0.1, -0.05) is 17.7 Å². The fourth-order valence-corrected chi connectivity index (χ4v) is 1.37. The average Bonchev–Trinajstić information content (AvgIpc) is 2.26. The van der Waals surface area contributed by atoms with Gasteiger partial charge in [-0.2, -0.15) is 0 Å². The molecule has 0 saturated carbocycles. The second-order valence-electron chi connectivity index (χ2n) is 3.13. The van der Waals surface area contributed by atoms with Crippen LogP contribution in [0.2, 0.25) is 5.02 Å². The summed E-state index contributed by atoms with van der Waals surface area (Å²) in [6.07, 6.45) is -2.99. The summed E-state index contributed by atoms with van der Waals surface area (Å²) in [5, 5.41) is 27.1. The van der Waals surface area contributed by atoms with Crippen LogP contribution in [-0.4, -0.2) is 33.7 Å². The molecular weight excluding hydrogens is 236 g/mol. The van der Waals surface area contributed by atoms with Crippen molar-refractivity contribution in [2.45, 2.75) is 12.2 Å². The number of carbonyl (C=O) groups excluding carboxylic acids is 1. The minimum atomic E-state index is -1.93. The minimum Gasteiger partial charge on any atom is -0.479 e. The first-order valence-corrected chi connectivity index (χ1v) is 4.68. The molecule has 1 rings (SSSR count). The molecule has 0 aliphatic heterocycles. The van der Waals surface area contributed by atoms with Gasteiger partial charge in [0.05, 0.1) is 5.02 Å². The van der Waals surface area contributed by atoms with Crippen LogP contribution in [0.4, 0.5) is 0 Å². The predicted octanol–water partition coefficient (Wildman–Crippen LogP) is 0.631. The normalized spacial score (nSPS) is 14.2. The third-order valence-electron chi connectivity index (χ3n) is 2.05. The van der Waals surface area contributed by atoms with E-state index in [1.54, 1.807) is 0 Å². The molecule has 5 nitrogen and oxygen atoms in total. The second-order valence-corrected chi connectivity index (χ2v) is 3.53. The van der Waals surface area contributed by atoms with Crippen LogP contribution in [-0.2, 0) is 4.79 Å². The topological polar surface area (TPSA) is 94.8 Å². The molecule has 0 bridgehead atoms. The summed E-state index contributed by atoms with van der Waals surface area (Å²) in [7, 11) is 0. The second kappa shape index (κ2) is 5.07.